The molecule has 0 bridgehead atoms. The molecule has 2 aliphatic heterocycles. The van der Waals surface area contributed by atoms with Crippen LogP contribution in [0.15, 0.2) is 41.3 Å². The van der Waals surface area contributed by atoms with Crippen LogP contribution in [-0.2, 0) is 19.5 Å². The summed E-state index contributed by atoms with van der Waals surface area (Å²) in [7, 11) is 0. The number of likely N-dealkylation sites (N-methyl/N-ethyl adjacent to an activating group) is 1. The summed E-state index contributed by atoms with van der Waals surface area (Å²) in [6.45, 7) is 6.87. The number of hydrogen-bond donors (Lipinski definition) is 0. The van der Waals surface area contributed by atoms with Gasteiger partial charge in [0.2, 0.25) is 0 Å². The number of likely N-dealkylation sites (tertiary alicyclic amines) is 1. The van der Waals surface area contributed by atoms with Crippen molar-refractivity contribution in [2.45, 2.75) is 45.3 Å². The SMILES string of the molecule is CCN1CCC[C@@H]1Cn1ncc(N2CCc3ccccc3C2)cc1=O. The fourth-order valence-corrected chi connectivity index (χ4v) is 4.17. The van der Waals surface area contributed by atoms with Crippen LogP contribution in [0, 0.1) is 0 Å². The average molecular weight is 338 g/mol. The smallest absolute Gasteiger partial charge is 0.268 e. The summed E-state index contributed by atoms with van der Waals surface area (Å²) in [4.78, 5) is 17.3. The minimum absolute atomic E-state index is 0.0133. The zero-order valence-corrected chi connectivity index (χ0v) is 14.9. The van der Waals surface area contributed by atoms with E-state index in [1.807, 2.05) is 6.20 Å². The van der Waals surface area contributed by atoms with Gasteiger partial charge in [-0.1, -0.05) is 31.2 Å². The third kappa shape index (κ3) is 3.33. The monoisotopic (exact) mass is 338 g/mol. The summed E-state index contributed by atoms with van der Waals surface area (Å²) in [5, 5.41) is 4.48. The Bertz CT molecular complexity index is 800. The first kappa shape index (κ1) is 16.3. The van der Waals surface area contributed by atoms with Crippen LogP contribution in [0.4, 0.5) is 5.69 Å². The van der Waals surface area contributed by atoms with Gasteiger partial charge >= 0.3 is 0 Å². The number of nitrogens with zero attached hydrogens (tertiary/aromatic N) is 4. The zero-order chi connectivity index (χ0) is 17.2. The summed E-state index contributed by atoms with van der Waals surface area (Å²) in [6.07, 6.45) is 5.26. The first-order valence-corrected chi connectivity index (χ1v) is 9.37. The Morgan fingerprint density at radius 3 is 2.84 bits per heavy atom. The molecule has 132 valence electrons. The quantitative estimate of drug-likeness (QED) is 0.858. The van der Waals surface area contributed by atoms with Crippen molar-refractivity contribution in [3.8, 4) is 0 Å². The van der Waals surface area contributed by atoms with Crippen molar-refractivity contribution >= 4 is 5.69 Å². The highest BCUT2D eigenvalue weighted by Crippen LogP contribution is 2.23. The van der Waals surface area contributed by atoms with Crippen molar-refractivity contribution in [3.05, 3.63) is 58.0 Å². The largest absolute Gasteiger partial charge is 0.365 e. The van der Waals surface area contributed by atoms with Crippen LogP contribution in [-0.4, -0.2) is 40.4 Å². The molecule has 1 aromatic carbocycles. The van der Waals surface area contributed by atoms with E-state index in [2.05, 4.69) is 46.1 Å². The van der Waals surface area contributed by atoms with Gasteiger partial charge in [0, 0.05) is 25.2 Å². The maximum atomic E-state index is 12.6. The maximum absolute atomic E-state index is 12.6. The van der Waals surface area contributed by atoms with Crippen molar-refractivity contribution in [1.82, 2.24) is 14.7 Å². The second kappa shape index (κ2) is 7.00. The van der Waals surface area contributed by atoms with Crippen LogP contribution in [0.2, 0.25) is 0 Å². The van der Waals surface area contributed by atoms with Crippen molar-refractivity contribution in [3.63, 3.8) is 0 Å². The summed E-state index contributed by atoms with van der Waals surface area (Å²) in [5.41, 5.74) is 3.72. The van der Waals surface area contributed by atoms with Crippen LogP contribution in [0.25, 0.3) is 0 Å². The van der Waals surface area contributed by atoms with Crippen LogP contribution < -0.4 is 10.5 Å². The van der Waals surface area contributed by atoms with Crippen LogP contribution >= 0.6 is 0 Å². The number of benzene rings is 1. The molecule has 2 aliphatic rings. The van der Waals surface area contributed by atoms with Gasteiger partial charge in [-0.2, -0.15) is 5.10 Å². The number of anilines is 1. The van der Waals surface area contributed by atoms with E-state index in [0.717, 1.165) is 44.7 Å². The minimum atomic E-state index is 0.0133. The lowest BCUT2D eigenvalue weighted by atomic mass is 10.00. The van der Waals surface area contributed by atoms with Crippen LogP contribution in [0.5, 0.6) is 0 Å². The van der Waals surface area contributed by atoms with Gasteiger partial charge in [-0.25, -0.2) is 4.68 Å². The molecule has 0 aliphatic carbocycles. The van der Waals surface area contributed by atoms with E-state index in [0.29, 0.717) is 12.6 Å². The van der Waals surface area contributed by atoms with Gasteiger partial charge in [0.15, 0.2) is 0 Å². The Kier molecular flexibility index (Phi) is 4.57. The van der Waals surface area contributed by atoms with Crippen molar-refractivity contribution in [2.75, 3.05) is 24.5 Å². The van der Waals surface area contributed by atoms with E-state index in [1.165, 1.54) is 17.5 Å². The standard InChI is InChI=1S/C20H26N4O/c1-2-22-10-5-8-18(22)15-24-20(25)12-19(13-21-24)23-11-9-16-6-3-4-7-17(16)14-23/h3-4,6-7,12-13,18H,2,5,8-11,14-15H2,1H3/t18-/m1/s1. The Hall–Kier alpha value is -2.14. The number of rotatable bonds is 4. The highest BCUT2D eigenvalue weighted by atomic mass is 16.1. The van der Waals surface area contributed by atoms with Gasteiger partial charge in [-0.05, 0) is 43.5 Å². The molecule has 1 atom stereocenters. The molecule has 1 saturated heterocycles. The lowest BCUT2D eigenvalue weighted by Crippen LogP contribution is -2.37. The van der Waals surface area contributed by atoms with Gasteiger partial charge in [-0.3, -0.25) is 9.69 Å². The normalized spacial score (nSPS) is 20.7. The van der Waals surface area contributed by atoms with Gasteiger partial charge < -0.3 is 4.90 Å². The van der Waals surface area contributed by atoms with Gasteiger partial charge in [-0.15, -0.1) is 0 Å². The lowest BCUT2D eigenvalue weighted by Gasteiger charge is -2.30. The zero-order valence-electron chi connectivity index (χ0n) is 14.9. The van der Waals surface area contributed by atoms with E-state index < -0.39 is 0 Å². The van der Waals surface area contributed by atoms with Gasteiger partial charge in [0.05, 0.1) is 18.4 Å². The van der Waals surface area contributed by atoms with Crippen LogP contribution in [0.3, 0.4) is 0 Å². The van der Waals surface area contributed by atoms with Gasteiger partial charge in [0.1, 0.15) is 0 Å². The predicted molar refractivity (Wildman–Crippen MR) is 100.0 cm³/mol. The Morgan fingerprint density at radius 1 is 1.20 bits per heavy atom. The average Bonchev–Trinajstić information content (AvgIpc) is 3.10. The molecule has 1 aromatic heterocycles. The van der Waals surface area contributed by atoms with E-state index in [-0.39, 0.29) is 5.56 Å². The Morgan fingerprint density at radius 2 is 2.04 bits per heavy atom. The predicted octanol–water partition coefficient (Wildman–Crippen LogP) is 2.29. The van der Waals surface area contributed by atoms with Crippen molar-refractivity contribution in [1.29, 1.82) is 0 Å². The molecule has 1 fully saturated rings. The Labute approximate surface area is 148 Å². The summed E-state index contributed by atoms with van der Waals surface area (Å²) < 4.78 is 1.64. The topological polar surface area (TPSA) is 41.4 Å². The summed E-state index contributed by atoms with van der Waals surface area (Å²) in [6, 6.07) is 10.8. The highest BCUT2D eigenvalue weighted by Gasteiger charge is 2.24. The van der Waals surface area contributed by atoms with Gasteiger partial charge in [0.25, 0.3) is 5.56 Å². The van der Waals surface area contributed by atoms with Crippen molar-refractivity contribution < 1.29 is 0 Å². The minimum Gasteiger partial charge on any atom is -0.365 e. The molecule has 0 unspecified atom stereocenters. The molecule has 2 aromatic rings. The number of fused-ring (bicyclic) bond motifs is 1. The third-order valence-electron chi connectivity index (χ3n) is 5.64. The van der Waals surface area contributed by atoms with E-state index >= 15 is 0 Å². The molecule has 0 amide bonds. The second-order valence-electron chi connectivity index (χ2n) is 7.10. The summed E-state index contributed by atoms with van der Waals surface area (Å²) >= 11 is 0. The first-order valence-electron chi connectivity index (χ1n) is 9.37. The molecule has 3 heterocycles. The molecule has 0 spiro atoms. The molecule has 25 heavy (non-hydrogen) atoms. The van der Waals surface area contributed by atoms with E-state index in [1.54, 1.807) is 10.7 Å². The molecular formula is C20H26N4O. The lowest BCUT2D eigenvalue weighted by molar-refractivity contribution is 0.235. The Balaban J connectivity index is 1.50. The fraction of sp³-hybridized carbons (Fsp3) is 0.500. The second-order valence-corrected chi connectivity index (χ2v) is 7.10. The number of hydrogen-bond acceptors (Lipinski definition) is 4. The van der Waals surface area contributed by atoms with Crippen LogP contribution in [0.1, 0.15) is 30.9 Å². The summed E-state index contributed by atoms with van der Waals surface area (Å²) in [5.74, 6) is 0. The molecule has 0 N–H and O–H groups in total. The highest BCUT2D eigenvalue weighted by molar-refractivity contribution is 5.47. The van der Waals surface area contributed by atoms with E-state index in [9.17, 15) is 4.79 Å². The number of aromatic nitrogens is 2. The van der Waals surface area contributed by atoms with Crippen molar-refractivity contribution in [2.24, 2.45) is 0 Å². The molecule has 0 saturated carbocycles. The van der Waals surface area contributed by atoms with E-state index in [4.69, 9.17) is 0 Å². The molecule has 0 radical (unpaired) electrons. The fourth-order valence-electron chi connectivity index (χ4n) is 4.17. The molecule has 4 rings (SSSR count). The molecular weight excluding hydrogens is 312 g/mol. The third-order valence-corrected chi connectivity index (χ3v) is 5.64. The molecule has 5 heteroatoms. The maximum Gasteiger partial charge on any atom is 0.268 e. The molecule has 5 nitrogen and oxygen atoms in total. The first-order chi connectivity index (χ1) is 12.2.